The fraction of sp³-hybridized carbons (Fsp3) is 0.421. The van der Waals surface area contributed by atoms with Gasteiger partial charge < -0.3 is 14.2 Å². The molecular formula is C19H18F3N3O4. The molecule has 1 atom stereocenters. The van der Waals surface area contributed by atoms with Gasteiger partial charge in [0.05, 0.1) is 30.8 Å². The SMILES string of the molecule is C[C@H]1Cc2noc(N3CCCOC3=O)c2CN1C(=O)Cc1cc(F)c(F)c(F)c1. The standard InChI is InChI=1S/C19H18F3N3O4/c1-10-5-15-12(18(29-23-15)24-3-2-4-28-19(24)27)9-25(10)16(26)8-11-6-13(20)17(22)14(21)7-11/h6-7,10H,2-5,8-9H2,1H3/t10-/m0/s1. The second kappa shape index (κ2) is 7.41. The number of halogens is 3. The summed E-state index contributed by atoms with van der Waals surface area (Å²) < 4.78 is 50.4. The minimum absolute atomic E-state index is 0.0366. The third-order valence-corrected chi connectivity index (χ3v) is 5.13. The minimum atomic E-state index is -1.57. The Morgan fingerprint density at radius 1 is 1.28 bits per heavy atom. The van der Waals surface area contributed by atoms with Gasteiger partial charge in [-0.25, -0.2) is 22.9 Å². The van der Waals surface area contributed by atoms with Crippen LogP contribution in [0.15, 0.2) is 16.7 Å². The number of amides is 2. The first-order chi connectivity index (χ1) is 13.8. The van der Waals surface area contributed by atoms with Crippen LogP contribution in [0.2, 0.25) is 0 Å². The maximum Gasteiger partial charge on any atom is 0.416 e. The van der Waals surface area contributed by atoms with E-state index in [-0.39, 0.29) is 36.4 Å². The predicted molar refractivity (Wildman–Crippen MR) is 93.6 cm³/mol. The molecule has 29 heavy (non-hydrogen) atoms. The van der Waals surface area contributed by atoms with E-state index in [0.29, 0.717) is 37.3 Å². The van der Waals surface area contributed by atoms with Crippen LogP contribution >= 0.6 is 0 Å². The molecule has 2 amide bonds. The highest BCUT2D eigenvalue weighted by molar-refractivity contribution is 5.87. The van der Waals surface area contributed by atoms with Crippen LogP contribution in [-0.2, 0) is 28.9 Å². The maximum absolute atomic E-state index is 13.5. The molecule has 4 rings (SSSR count). The number of anilines is 1. The Balaban J connectivity index is 1.56. The summed E-state index contributed by atoms with van der Waals surface area (Å²) in [5.74, 6) is -4.40. The third kappa shape index (κ3) is 3.54. The normalized spacial score (nSPS) is 19.2. The van der Waals surface area contributed by atoms with Gasteiger partial charge >= 0.3 is 6.09 Å². The minimum Gasteiger partial charge on any atom is -0.449 e. The smallest absolute Gasteiger partial charge is 0.416 e. The molecule has 154 valence electrons. The van der Waals surface area contributed by atoms with Crippen LogP contribution in [0.5, 0.6) is 0 Å². The molecule has 1 aromatic carbocycles. The molecule has 2 aromatic rings. The number of nitrogens with zero attached hydrogens (tertiary/aromatic N) is 3. The summed E-state index contributed by atoms with van der Waals surface area (Å²) in [4.78, 5) is 27.7. The van der Waals surface area contributed by atoms with E-state index in [9.17, 15) is 22.8 Å². The topological polar surface area (TPSA) is 75.9 Å². The number of benzene rings is 1. The van der Waals surface area contributed by atoms with Crippen molar-refractivity contribution in [2.75, 3.05) is 18.1 Å². The fourth-order valence-electron chi connectivity index (χ4n) is 3.64. The van der Waals surface area contributed by atoms with Crippen molar-refractivity contribution >= 4 is 17.9 Å². The summed E-state index contributed by atoms with van der Waals surface area (Å²) >= 11 is 0. The molecule has 0 saturated carbocycles. The van der Waals surface area contributed by atoms with Crippen LogP contribution in [0.1, 0.15) is 30.2 Å². The van der Waals surface area contributed by atoms with Gasteiger partial charge in [-0.2, -0.15) is 0 Å². The molecule has 1 aromatic heterocycles. The molecule has 10 heteroatoms. The Morgan fingerprint density at radius 3 is 2.69 bits per heavy atom. The van der Waals surface area contributed by atoms with Crippen LogP contribution < -0.4 is 4.90 Å². The van der Waals surface area contributed by atoms with E-state index in [1.807, 2.05) is 6.92 Å². The zero-order valence-electron chi connectivity index (χ0n) is 15.6. The zero-order valence-corrected chi connectivity index (χ0v) is 15.6. The fourth-order valence-corrected chi connectivity index (χ4v) is 3.64. The molecule has 0 N–H and O–H groups in total. The lowest BCUT2D eigenvalue weighted by Gasteiger charge is -2.34. The van der Waals surface area contributed by atoms with E-state index in [1.54, 1.807) is 0 Å². The molecule has 3 heterocycles. The molecular weight excluding hydrogens is 391 g/mol. The third-order valence-electron chi connectivity index (χ3n) is 5.13. The number of hydrogen-bond donors (Lipinski definition) is 0. The first kappa shape index (κ1) is 19.3. The Kier molecular flexibility index (Phi) is 4.93. The summed E-state index contributed by atoms with van der Waals surface area (Å²) in [6.45, 7) is 2.69. The highest BCUT2D eigenvalue weighted by atomic mass is 19.2. The largest absolute Gasteiger partial charge is 0.449 e. The summed E-state index contributed by atoms with van der Waals surface area (Å²) in [6, 6.07) is 1.38. The van der Waals surface area contributed by atoms with Crippen molar-refractivity contribution in [3.05, 3.63) is 46.4 Å². The van der Waals surface area contributed by atoms with Gasteiger partial charge in [0.1, 0.15) is 0 Å². The van der Waals surface area contributed by atoms with Crippen LogP contribution in [0.3, 0.4) is 0 Å². The lowest BCUT2D eigenvalue weighted by molar-refractivity contribution is -0.133. The molecule has 0 spiro atoms. The second-order valence-electron chi connectivity index (χ2n) is 7.16. The molecule has 2 aliphatic heterocycles. The average molecular weight is 409 g/mol. The second-order valence-corrected chi connectivity index (χ2v) is 7.16. The van der Waals surface area contributed by atoms with E-state index in [1.165, 1.54) is 9.80 Å². The molecule has 0 radical (unpaired) electrons. The Labute approximate surface area is 164 Å². The Morgan fingerprint density at radius 2 is 2.00 bits per heavy atom. The number of cyclic esters (lactones) is 1. The number of carbonyl (C=O) groups excluding carboxylic acids is 2. The van der Waals surface area contributed by atoms with Crippen molar-refractivity contribution in [1.82, 2.24) is 10.1 Å². The molecule has 1 fully saturated rings. The van der Waals surface area contributed by atoms with Crippen LogP contribution in [-0.4, -0.2) is 41.3 Å². The van der Waals surface area contributed by atoms with E-state index in [0.717, 1.165) is 12.1 Å². The van der Waals surface area contributed by atoms with E-state index >= 15 is 0 Å². The van der Waals surface area contributed by atoms with E-state index < -0.39 is 23.5 Å². The Bertz CT molecular complexity index is 955. The van der Waals surface area contributed by atoms with Gasteiger partial charge in [0, 0.05) is 19.0 Å². The van der Waals surface area contributed by atoms with E-state index in [4.69, 9.17) is 9.26 Å². The van der Waals surface area contributed by atoms with Crippen LogP contribution in [0, 0.1) is 17.5 Å². The average Bonchev–Trinajstić information content (AvgIpc) is 3.08. The lowest BCUT2D eigenvalue weighted by atomic mass is 9.99. The molecule has 0 unspecified atom stereocenters. The van der Waals surface area contributed by atoms with Crippen molar-refractivity contribution in [3.8, 4) is 0 Å². The quantitative estimate of drug-likeness (QED) is 0.729. The highest BCUT2D eigenvalue weighted by Crippen LogP contribution is 2.33. The lowest BCUT2D eigenvalue weighted by Crippen LogP contribution is -2.44. The number of fused-ring (bicyclic) bond motifs is 1. The van der Waals surface area contributed by atoms with Crippen molar-refractivity contribution in [1.29, 1.82) is 0 Å². The number of hydrogen-bond acceptors (Lipinski definition) is 5. The molecule has 0 bridgehead atoms. The summed E-state index contributed by atoms with van der Waals surface area (Å²) in [7, 11) is 0. The summed E-state index contributed by atoms with van der Waals surface area (Å²) in [6.07, 6.45) is 0.214. The van der Waals surface area contributed by atoms with Gasteiger partial charge in [-0.3, -0.25) is 4.79 Å². The number of aromatic nitrogens is 1. The van der Waals surface area contributed by atoms with Gasteiger partial charge in [-0.15, -0.1) is 0 Å². The zero-order chi connectivity index (χ0) is 20.7. The molecule has 2 aliphatic rings. The van der Waals surface area contributed by atoms with Crippen molar-refractivity contribution in [2.45, 2.75) is 38.8 Å². The summed E-state index contributed by atoms with van der Waals surface area (Å²) in [5.41, 5.74) is 1.29. The van der Waals surface area contributed by atoms with Gasteiger partial charge in [-0.05, 0) is 31.0 Å². The summed E-state index contributed by atoms with van der Waals surface area (Å²) in [5, 5.41) is 4.02. The van der Waals surface area contributed by atoms with Crippen molar-refractivity contribution < 1.29 is 32.0 Å². The van der Waals surface area contributed by atoms with Crippen molar-refractivity contribution in [2.24, 2.45) is 0 Å². The maximum atomic E-state index is 13.5. The van der Waals surface area contributed by atoms with Gasteiger partial charge in [0.2, 0.25) is 11.8 Å². The predicted octanol–water partition coefficient (Wildman–Crippen LogP) is 2.95. The van der Waals surface area contributed by atoms with Gasteiger partial charge in [-0.1, -0.05) is 5.16 Å². The molecule has 0 aliphatic carbocycles. The Hall–Kier alpha value is -3.04. The molecule has 7 nitrogen and oxygen atoms in total. The first-order valence-corrected chi connectivity index (χ1v) is 9.19. The van der Waals surface area contributed by atoms with Gasteiger partial charge in [0.15, 0.2) is 17.5 Å². The number of carbonyl (C=O) groups is 2. The van der Waals surface area contributed by atoms with Crippen molar-refractivity contribution in [3.63, 3.8) is 0 Å². The van der Waals surface area contributed by atoms with E-state index in [2.05, 4.69) is 5.16 Å². The highest BCUT2D eigenvalue weighted by Gasteiger charge is 2.36. The van der Waals surface area contributed by atoms with Crippen LogP contribution in [0.25, 0.3) is 0 Å². The monoisotopic (exact) mass is 409 g/mol. The van der Waals surface area contributed by atoms with Crippen LogP contribution in [0.4, 0.5) is 23.8 Å². The number of ether oxygens (including phenoxy) is 1. The number of rotatable bonds is 3. The van der Waals surface area contributed by atoms with Gasteiger partial charge in [0.25, 0.3) is 0 Å². The first-order valence-electron chi connectivity index (χ1n) is 9.19. The molecule has 1 saturated heterocycles.